The van der Waals surface area contributed by atoms with E-state index in [1.54, 1.807) is 13.8 Å². The van der Waals surface area contributed by atoms with E-state index in [1.807, 2.05) is 27.7 Å². The second kappa shape index (κ2) is 9.63. The highest BCUT2D eigenvalue weighted by atomic mass is 35.5. The fourth-order valence-electron chi connectivity index (χ4n) is 3.41. The summed E-state index contributed by atoms with van der Waals surface area (Å²) in [4.78, 5) is 0. The van der Waals surface area contributed by atoms with Crippen molar-refractivity contribution in [2.45, 2.75) is 71.6 Å². The Labute approximate surface area is 189 Å². The Morgan fingerprint density at radius 2 is 1.30 bits per heavy atom. The summed E-state index contributed by atoms with van der Waals surface area (Å²) in [5.41, 5.74) is -1.21. The van der Waals surface area contributed by atoms with Crippen LogP contribution in [0.1, 0.15) is 66.0 Å². The van der Waals surface area contributed by atoms with Crippen LogP contribution in [0.4, 0.5) is 17.6 Å². The van der Waals surface area contributed by atoms with Crippen LogP contribution in [-0.4, -0.2) is 25.6 Å². The quantitative estimate of drug-likeness (QED) is 0.434. The zero-order valence-electron chi connectivity index (χ0n) is 17.4. The predicted octanol–water partition coefficient (Wildman–Crippen LogP) is 6.38. The predicted molar refractivity (Wildman–Crippen MR) is 112 cm³/mol. The van der Waals surface area contributed by atoms with Crippen molar-refractivity contribution in [2.24, 2.45) is 0 Å². The van der Waals surface area contributed by atoms with Crippen molar-refractivity contribution in [2.75, 3.05) is 0 Å². The van der Waals surface area contributed by atoms with Gasteiger partial charge in [0.15, 0.2) is 0 Å². The molecule has 2 aromatic rings. The molecule has 0 aromatic carbocycles. The number of hydrogen-bond acceptors (Lipinski definition) is 3. The van der Waals surface area contributed by atoms with Gasteiger partial charge in [0.2, 0.25) is 0 Å². The molecule has 1 unspecified atom stereocenters. The van der Waals surface area contributed by atoms with Gasteiger partial charge in [-0.25, -0.2) is 9.36 Å². The van der Waals surface area contributed by atoms with E-state index >= 15 is 0 Å². The zero-order chi connectivity index (χ0) is 22.3. The van der Waals surface area contributed by atoms with E-state index in [9.17, 15) is 17.6 Å². The minimum absolute atomic E-state index is 0. The van der Waals surface area contributed by atoms with Crippen molar-refractivity contribution >= 4 is 35.6 Å². The smallest absolute Gasteiger partial charge is 0.302 e. The molecule has 2 aromatic heterocycles. The third-order valence-corrected chi connectivity index (χ3v) is 5.33. The van der Waals surface area contributed by atoms with Gasteiger partial charge in [-0.3, -0.25) is 0 Å². The molecule has 0 spiro atoms. The summed E-state index contributed by atoms with van der Waals surface area (Å²) in [6.45, 7) is 5.24. The minimum Gasteiger partial charge on any atom is -0.302 e. The van der Waals surface area contributed by atoms with Gasteiger partial charge in [0, 0.05) is 23.9 Å². The molecule has 0 aliphatic heterocycles. The Kier molecular flexibility index (Phi) is 8.67. The maximum absolute atomic E-state index is 13.0. The monoisotopic (exact) mass is 492 g/mol. The van der Waals surface area contributed by atoms with E-state index in [0.29, 0.717) is 9.36 Å². The lowest BCUT2D eigenvalue weighted by Crippen LogP contribution is -2.54. The Morgan fingerprint density at radius 1 is 0.900 bits per heavy atom. The van der Waals surface area contributed by atoms with Gasteiger partial charge in [0.1, 0.15) is 5.69 Å². The first kappa shape index (κ1) is 27.0. The van der Waals surface area contributed by atoms with E-state index in [0.717, 1.165) is 18.3 Å². The first-order chi connectivity index (χ1) is 13.2. The van der Waals surface area contributed by atoms with Gasteiger partial charge in [0.25, 0.3) is 0 Å². The summed E-state index contributed by atoms with van der Waals surface area (Å²) in [6.07, 6.45) is 2.15. The van der Waals surface area contributed by atoms with Gasteiger partial charge in [0.05, 0.1) is 21.3 Å². The number of hydrogen-bond donors (Lipinski definition) is 1. The Balaban J connectivity index is 0.00000450. The van der Waals surface area contributed by atoms with Crippen LogP contribution in [0.2, 0.25) is 10.0 Å². The molecule has 0 saturated heterocycles. The molecule has 2 rings (SSSR count). The molecule has 1 N–H and O–H groups in total. The molecule has 0 aliphatic rings. The van der Waals surface area contributed by atoms with Gasteiger partial charge in [-0.1, -0.05) is 50.9 Å². The molecule has 0 amide bonds. The summed E-state index contributed by atoms with van der Waals surface area (Å²) in [5.74, 6) is 0.912. The Bertz CT molecular complexity index is 849. The van der Waals surface area contributed by atoms with Crippen LogP contribution in [0.3, 0.4) is 0 Å². The van der Waals surface area contributed by atoms with Crippen molar-refractivity contribution in [3.8, 4) is 0 Å². The normalized spacial score (nSPS) is 14.0. The Morgan fingerprint density at radius 3 is 1.67 bits per heavy atom. The number of aromatic nitrogens is 4. The number of rotatable bonds is 8. The molecule has 30 heavy (non-hydrogen) atoms. The highest BCUT2D eigenvalue weighted by molar-refractivity contribution is 6.31. The summed E-state index contributed by atoms with van der Waals surface area (Å²) in [7, 11) is 0. The van der Waals surface area contributed by atoms with Crippen molar-refractivity contribution < 1.29 is 17.6 Å². The van der Waals surface area contributed by atoms with Gasteiger partial charge in [-0.05, 0) is 19.8 Å². The lowest BCUT2D eigenvalue weighted by Gasteiger charge is -2.41. The van der Waals surface area contributed by atoms with Crippen LogP contribution in [-0.2, 0) is 11.0 Å². The molecule has 0 saturated carbocycles. The maximum atomic E-state index is 13.0. The molecule has 2 heterocycles. The number of nitrogens with one attached hydrogen (secondary N) is 1. The van der Waals surface area contributed by atoms with Crippen molar-refractivity contribution in [1.82, 2.24) is 24.9 Å². The maximum Gasteiger partial charge on any atom is 0.333 e. The fourth-order valence-corrected chi connectivity index (χ4v) is 4.17. The van der Waals surface area contributed by atoms with E-state index in [-0.39, 0.29) is 33.8 Å². The second-order valence-corrected chi connectivity index (χ2v) is 8.98. The third kappa shape index (κ3) is 5.41. The summed E-state index contributed by atoms with van der Waals surface area (Å²) >= 11 is 12.3. The largest absolute Gasteiger partial charge is 0.333 e. The molecule has 1 atom stereocenters. The van der Waals surface area contributed by atoms with Crippen LogP contribution < -0.4 is 5.32 Å². The third-order valence-electron chi connectivity index (χ3n) is 4.78. The van der Waals surface area contributed by atoms with Gasteiger partial charge in [-0.2, -0.15) is 27.8 Å². The van der Waals surface area contributed by atoms with E-state index in [4.69, 9.17) is 23.2 Å². The van der Waals surface area contributed by atoms with Gasteiger partial charge < -0.3 is 5.32 Å². The fraction of sp³-hybridized carbons (Fsp3) is 0.611. The van der Waals surface area contributed by atoms with Crippen LogP contribution in [0.5, 0.6) is 0 Å². The van der Waals surface area contributed by atoms with Crippen molar-refractivity contribution in [1.29, 1.82) is 0 Å². The second-order valence-electron chi connectivity index (χ2n) is 8.17. The highest BCUT2D eigenvalue weighted by Crippen LogP contribution is 2.38. The van der Waals surface area contributed by atoms with Crippen LogP contribution in [0, 0.1) is 5.92 Å². The summed E-state index contributed by atoms with van der Waals surface area (Å²) < 4.78 is 53.1. The molecular formula is C18H25Cl3F4N5. The van der Waals surface area contributed by atoms with Crippen molar-refractivity contribution in [3.63, 3.8) is 0 Å². The number of halogens is 7. The summed E-state index contributed by atoms with van der Waals surface area (Å²) in [5, 5.41) is 11.5. The molecule has 12 heteroatoms. The molecule has 0 fully saturated rings. The van der Waals surface area contributed by atoms with Crippen molar-refractivity contribution in [3.05, 3.63) is 39.7 Å². The van der Waals surface area contributed by atoms with Gasteiger partial charge in [-0.15, -0.1) is 12.4 Å². The van der Waals surface area contributed by atoms with E-state index in [1.165, 1.54) is 0 Å². The Hall–Kier alpha value is -1.03. The molecule has 0 aliphatic carbocycles. The average molecular weight is 494 g/mol. The SMILES string of the molecule is C[C](C)C(NC(C)(C)c1nn(C(F)F)cc1Cl)C(C)(C)c1nn(C(F)F)cc1Cl.Cl. The lowest BCUT2D eigenvalue weighted by molar-refractivity contribution is 0.0546. The molecule has 171 valence electrons. The molecule has 1 radical (unpaired) electrons. The van der Waals surface area contributed by atoms with E-state index in [2.05, 4.69) is 15.5 Å². The summed E-state index contributed by atoms with van der Waals surface area (Å²) in [6, 6.07) is -0.413. The molecular weight excluding hydrogens is 469 g/mol. The molecule has 5 nitrogen and oxygen atoms in total. The average Bonchev–Trinajstić information content (AvgIpc) is 3.16. The van der Waals surface area contributed by atoms with Crippen LogP contribution in [0.25, 0.3) is 0 Å². The zero-order valence-corrected chi connectivity index (χ0v) is 19.7. The first-order valence-electron chi connectivity index (χ1n) is 8.82. The minimum atomic E-state index is -2.82. The number of nitrogens with zero attached hydrogens (tertiary/aromatic N) is 4. The van der Waals surface area contributed by atoms with E-state index < -0.39 is 30.1 Å². The standard InChI is InChI=1S/C18H24Cl2F4N5.ClH/c1-9(2)12(17(3,4)13-10(19)7-28(26-13)15(21)22)25-18(5,6)14-11(20)8-29(27-14)16(23)24;/h7-8,12,15-16,25H,1-6H3;1H. The highest BCUT2D eigenvalue weighted by Gasteiger charge is 2.42. The molecule has 0 bridgehead atoms. The first-order valence-corrected chi connectivity index (χ1v) is 9.58. The topological polar surface area (TPSA) is 47.7 Å². The van der Waals surface area contributed by atoms with Crippen LogP contribution >= 0.6 is 35.6 Å². The van der Waals surface area contributed by atoms with Crippen LogP contribution in [0.15, 0.2) is 12.4 Å². The van der Waals surface area contributed by atoms with Gasteiger partial charge >= 0.3 is 13.1 Å². The number of alkyl halides is 4. The lowest BCUT2D eigenvalue weighted by atomic mass is 9.74.